The number of anilines is 2. The average Bonchev–Trinajstić information content (AvgIpc) is 3.83. The lowest BCUT2D eigenvalue weighted by atomic mass is 9.89. The summed E-state index contributed by atoms with van der Waals surface area (Å²) in [7, 11) is 0. The molecule has 0 spiro atoms. The van der Waals surface area contributed by atoms with Crippen LogP contribution in [-0.2, 0) is 19.1 Å². The molecule has 5 heterocycles. The van der Waals surface area contributed by atoms with Gasteiger partial charge in [-0.3, -0.25) is 44.0 Å². The highest BCUT2D eigenvalue weighted by atomic mass is 16.5. The molecule has 5 N–H and O–H groups in total. The van der Waals surface area contributed by atoms with Crippen molar-refractivity contribution in [3.05, 3.63) is 96.4 Å². The summed E-state index contributed by atoms with van der Waals surface area (Å²) in [5.74, 6) is -0.614. The molecule has 2 saturated heterocycles. The van der Waals surface area contributed by atoms with Crippen LogP contribution in [-0.4, -0.2) is 130 Å². The summed E-state index contributed by atoms with van der Waals surface area (Å²) in [6.07, 6.45) is 8.21. The Bertz CT molecular complexity index is 2530. The largest absolute Gasteiger partial charge is 0.457 e. The summed E-state index contributed by atoms with van der Waals surface area (Å²) in [6.45, 7) is 5.91. The molecule has 5 aromatic rings. The molecular formula is C47H52N10O7. The second kappa shape index (κ2) is 19.0. The number of rotatable bonds is 15. The van der Waals surface area contributed by atoms with Crippen LogP contribution in [0.2, 0.25) is 0 Å². The first kappa shape index (κ1) is 42.6. The first-order chi connectivity index (χ1) is 31.2. The van der Waals surface area contributed by atoms with Gasteiger partial charge in [0.1, 0.15) is 35.3 Å². The summed E-state index contributed by atoms with van der Waals surface area (Å²) >= 11 is 0. The SMILES string of the molecule is Nc1ncnc2c1c(-c1ccc(Oc3ccccc3)cc1)cn2C1CCC(N2CCN(CCOCCNC(=O)CNc3cccc4c3C(=O)N(C3CCC(=O)NC3=O)C4=O)CC2)CC1. The number of amides is 5. The highest BCUT2D eigenvalue weighted by Gasteiger charge is 2.45. The van der Waals surface area contributed by atoms with Gasteiger partial charge in [-0.05, 0) is 74.1 Å². The zero-order valence-corrected chi connectivity index (χ0v) is 35.5. The first-order valence-corrected chi connectivity index (χ1v) is 22.1. The number of hydrogen-bond donors (Lipinski definition) is 4. The maximum absolute atomic E-state index is 13.3. The number of imide groups is 2. The molecule has 332 valence electrons. The monoisotopic (exact) mass is 868 g/mol. The Hall–Kier alpha value is -6.69. The number of piperidine rings is 1. The van der Waals surface area contributed by atoms with E-state index in [0.29, 0.717) is 43.3 Å². The summed E-state index contributed by atoms with van der Waals surface area (Å²) in [5.41, 5.74) is 9.98. The number of fused-ring (bicyclic) bond motifs is 2. The molecule has 1 atom stereocenters. The lowest BCUT2D eigenvalue weighted by Crippen LogP contribution is -2.54. The second-order valence-electron chi connectivity index (χ2n) is 16.7. The van der Waals surface area contributed by atoms with E-state index in [1.54, 1.807) is 18.5 Å². The van der Waals surface area contributed by atoms with Crippen LogP contribution in [0.3, 0.4) is 0 Å². The van der Waals surface area contributed by atoms with Gasteiger partial charge in [0.05, 0.1) is 36.3 Å². The van der Waals surface area contributed by atoms with Gasteiger partial charge in [-0.1, -0.05) is 36.4 Å². The molecule has 3 aromatic carbocycles. The van der Waals surface area contributed by atoms with Gasteiger partial charge in [0.25, 0.3) is 11.8 Å². The Morgan fingerprint density at radius 2 is 1.55 bits per heavy atom. The third-order valence-corrected chi connectivity index (χ3v) is 12.8. The topological polar surface area (TPSA) is 206 Å². The van der Waals surface area contributed by atoms with Crippen molar-refractivity contribution in [2.24, 2.45) is 0 Å². The molecular weight excluding hydrogens is 817 g/mol. The number of carbonyl (C=O) groups excluding carboxylic acids is 5. The van der Waals surface area contributed by atoms with Gasteiger partial charge >= 0.3 is 0 Å². The van der Waals surface area contributed by atoms with E-state index in [2.05, 4.69) is 53.6 Å². The lowest BCUT2D eigenvalue weighted by Gasteiger charge is -2.42. The van der Waals surface area contributed by atoms with Crippen LogP contribution in [0, 0.1) is 0 Å². The maximum Gasteiger partial charge on any atom is 0.264 e. The number of aromatic nitrogens is 3. The minimum absolute atomic E-state index is 0.0353. The van der Waals surface area contributed by atoms with Gasteiger partial charge in [0.2, 0.25) is 17.7 Å². The fraction of sp³-hybridized carbons (Fsp3) is 0.383. The minimum atomic E-state index is -1.06. The highest BCUT2D eigenvalue weighted by molar-refractivity contribution is 6.25. The fourth-order valence-electron chi connectivity index (χ4n) is 9.44. The zero-order chi connectivity index (χ0) is 44.2. The molecule has 64 heavy (non-hydrogen) atoms. The van der Waals surface area contributed by atoms with Crippen molar-refractivity contribution in [3.63, 3.8) is 0 Å². The number of nitrogens with zero attached hydrogens (tertiary/aromatic N) is 6. The average molecular weight is 869 g/mol. The number of piperazine rings is 1. The van der Waals surface area contributed by atoms with Crippen LogP contribution in [0.4, 0.5) is 11.5 Å². The molecule has 4 aliphatic rings. The number of ether oxygens (including phenoxy) is 2. The van der Waals surface area contributed by atoms with E-state index in [9.17, 15) is 24.0 Å². The van der Waals surface area contributed by atoms with Gasteiger partial charge in [-0.15, -0.1) is 0 Å². The maximum atomic E-state index is 13.3. The predicted molar refractivity (Wildman–Crippen MR) is 239 cm³/mol. The van der Waals surface area contributed by atoms with Crippen LogP contribution >= 0.6 is 0 Å². The quantitative estimate of drug-likeness (QED) is 0.0861. The molecule has 3 aliphatic heterocycles. The minimum Gasteiger partial charge on any atom is -0.457 e. The number of nitrogen functional groups attached to an aromatic ring is 1. The zero-order valence-electron chi connectivity index (χ0n) is 35.5. The van der Waals surface area contributed by atoms with Crippen molar-refractivity contribution in [1.82, 2.24) is 39.9 Å². The fourth-order valence-corrected chi connectivity index (χ4v) is 9.44. The lowest BCUT2D eigenvalue weighted by molar-refractivity contribution is -0.136. The molecule has 17 nitrogen and oxygen atoms in total. The standard InChI is InChI=1S/C47H52N10O7/c48-43-42-36(30-9-15-34(16-10-30)64-33-5-2-1-3-6-33)28-56(44(42)52-29-51-43)32-13-11-31(12-14-32)55-22-20-54(21-23-55)24-26-63-25-19-49-40(59)27-50-37-8-4-7-35-41(37)47(62)57(46(35)61)38-17-18-39(58)53-45(38)60/h1-10,15-16,28-29,31-32,38,50H,11-14,17-27H2,(H,49,59)(H2,48,51,52)(H,53,58,60). The Morgan fingerprint density at radius 3 is 2.31 bits per heavy atom. The smallest absolute Gasteiger partial charge is 0.264 e. The van der Waals surface area contributed by atoms with Crippen molar-refractivity contribution in [2.45, 2.75) is 56.7 Å². The number of carbonyl (C=O) groups is 5. The number of nitrogens with two attached hydrogens (primary N) is 1. The molecule has 0 radical (unpaired) electrons. The van der Waals surface area contributed by atoms with Crippen LogP contribution < -0.4 is 26.4 Å². The van der Waals surface area contributed by atoms with Gasteiger partial charge in [0.15, 0.2) is 0 Å². The van der Waals surface area contributed by atoms with E-state index in [1.165, 1.54) is 6.07 Å². The number of para-hydroxylation sites is 1. The Balaban J connectivity index is 0.680. The van der Waals surface area contributed by atoms with E-state index in [0.717, 1.165) is 97.0 Å². The Morgan fingerprint density at radius 1 is 0.797 bits per heavy atom. The van der Waals surface area contributed by atoms with Gasteiger partial charge in [0, 0.05) is 75.2 Å². The summed E-state index contributed by atoms with van der Waals surface area (Å²) < 4.78 is 14.2. The molecule has 2 aromatic heterocycles. The van der Waals surface area contributed by atoms with Crippen LogP contribution in [0.5, 0.6) is 11.5 Å². The molecule has 3 fully saturated rings. The highest BCUT2D eigenvalue weighted by Crippen LogP contribution is 2.40. The van der Waals surface area contributed by atoms with Crippen molar-refractivity contribution >= 4 is 52.1 Å². The van der Waals surface area contributed by atoms with Crippen LogP contribution in [0.15, 0.2) is 85.3 Å². The third-order valence-electron chi connectivity index (χ3n) is 12.8. The van der Waals surface area contributed by atoms with Crippen LogP contribution in [0.1, 0.15) is 65.3 Å². The Labute approximate surface area is 370 Å². The summed E-state index contributed by atoms with van der Waals surface area (Å²) in [6, 6.07) is 22.4. The first-order valence-electron chi connectivity index (χ1n) is 22.1. The molecule has 9 rings (SSSR count). The van der Waals surface area contributed by atoms with Crippen molar-refractivity contribution in [1.29, 1.82) is 0 Å². The van der Waals surface area contributed by atoms with E-state index >= 15 is 0 Å². The van der Waals surface area contributed by atoms with Crippen molar-refractivity contribution in [2.75, 3.05) is 70.1 Å². The predicted octanol–water partition coefficient (Wildman–Crippen LogP) is 4.22. The molecule has 0 bridgehead atoms. The van der Waals surface area contributed by atoms with Crippen LogP contribution in [0.25, 0.3) is 22.2 Å². The van der Waals surface area contributed by atoms with Crippen molar-refractivity contribution in [3.8, 4) is 22.6 Å². The number of benzene rings is 3. The van der Waals surface area contributed by atoms with E-state index in [-0.39, 0.29) is 36.4 Å². The van der Waals surface area contributed by atoms with E-state index in [1.807, 2.05) is 42.5 Å². The molecule has 17 heteroatoms. The molecule has 5 amide bonds. The van der Waals surface area contributed by atoms with E-state index < -0.39 is 29.7 Å². The summed E-state index contributed by atoms with van der Waals surface area (Å²) in [5, 5.41) is 8.86. The second-order valence-corrected chi connectivity index (χ2v) is 16.7. The molecule has 1 unspecified atom stereocenters. The third kappa shape index (κ3) is 9.04. The number of hydrogen-bond acceptors (Lipinski definition) is 13. The van der Waals surface area contributed by atoms with Gasteiger partial charge < -0.3 is 30.4 Å². The van der Waals surface area contributed by atoms with Gasteiger partial charge in [-0.2, -0.15) is 0 Å². The normalized spacial score (nSPS) is 20.6. The number of nitrogens with one attached hydrogen (secondary N) is 3. The van der Waals surface area contributed by atoms with Crippen molar-refractivity contribution < 1.29 is 33.4 Å². The van der Waals surface area contributed by atoms with E-state index in [4.69, 9.17) is 20.2 Å². The Kier molecular flexibility index (Phi) is 12.6. The molecule has 1 saturated carbocycles. The van der Waals surface area contributed by atoms with Gasteiger partial charge in [-0.25, -0.2) is 9.97 Å². The summed E-state index contributed by atoms with van der Waals surface area (Å²) in [4.78, 5) is 78.1. The molecule has 1 aliphatic carbocycles.